The Balaban J connectivity index is 2.13. The molecule has 8 heteroatoms. The van der Waals surface area contributed by atoms with Crippen LogP contribution in [0.1, 0.15) is 6.42 Å². The van der Waals surface area contributed by atoms with Crippen LogP contribution < -0.4 is 5.73 Å². The van der Waals surface area contributed by atoms with E-state index in [0.29, 0.717) is 29.9 Å². The van der Waals surface area contributed by atoms with Gasteiger partial charge in [-0.15, -0.1) is 0 Å². The van der Waals surface area contributed by atoms with Gasteiger partial charge in [-0.05, 0) is 44.4 Å². The van der Waals surface area contributed by atoms with E-state index in [1.807, 2.05) is 4.57 Å². The lowest BCUT2D eigenvalue weighted by Crippen LogP contribution is -2.08. The molecule has 1 atom stereocenters. The molecule has 0 amide bonds. The summed E-state index contributed by atoms with van der Waals surface area (Å²) in [7, 11) is 0. The van der Waals surface area contributed by atoms with Gasteiger partial charge in [-0.1, -0.05) is 0 Å². The fourth-order valence-corrected chi connectivity index (χ4v) is 2.17. The van der Waals surface area contributed by atoms with Gasteiger partial charge in [0, 0.05) is 6.54 Å². The highest BCUT2D eigenvalue weighted by molar-refractivity contribution is 9.28. The number of hydrogen-bond acceptors (Lipinski definition) is 5. The Hall–Kier alpha value is -0.990. The van der Waals surface area contributed by atoms with Crippen LogP contribution >= 0.6 is 31.9 Å². The van der Waals surface area contributed by atoms with Gasteiger partial charge in [0.2, 0.25) is 0 Å². The SMILES string of the molecule is Nc1ncnc2c1ncn2CCC(O)C=C(Br)Br. The van der Waals surface area contributed by atoms with Crippen molar-refractivity contribution in [3.8, 4) is 0 Å². The minimum absolute atomic E-state index is 0.363. The molecule has 0 saturated carbocycles. The number of aromatic nitrogens is 4. The molecule has 0 fully saturated rings. The van der Waals surface area contributed by atoms with Crippen LogP contribution in [0.5, 0.6) is 0 Å². The molecule has 0 saturated heterocycles. The molecule has 2 aromatic rings. The number of nitrogen functional groups attached to an aromatic ring is 1. The summed E-state index contributed by atoms with van der Waals surface area (Å²) in [4.78, 5) is 12.2. The van der Waals surface area contributed by atoms with Gasteiger partial charge >= 0.3 is 0 Å². The Morgan fingerprint density at radius 2 is 2.22 bits per heavy atom. The molecule has 0 aliphatic rings. The molecule has 0 spiro atoms. The van der Waals surface area contributed by atoms with Crippen molar-refractivity contribution < 1.29 is 5.11 Å². The highest BCUT2D eigenvalue weighted by atomic mass is 79.9. The van der Waals surface area contributed by atoms with Gasteiger partial charge in [0.15, 0.2) is 11.5 Å². The molecular weight excluding hydrogens is 366 g/mol. The van der Waals surface area contributed by atoms with Gasteiger partial charge in [-0.3, -0.25) is 0 Å². The van der Waals surface area contributed by atoms with Gasteiger partial charge in [0.1, 0.15) is 11.8 Å². The molecule has 2 heterocycles. The predicted octanol–water partition coefficient (Wildman–Crippen LogP) is 1.79. The Morgan fingerprint density at radius 3 is 2.94 bits per heavy atom. The number of nitrogens with two attached hydrogens (primary N) is 1. The van der Waals surface area contributed by atoms with Crippen LogP contribution in [0.15, 0.2) is 22.1 Å². The van der Waals surface area contributed by atoms with Crippen LogP contribution in [0.25, 0.3) is 11.2 Å². The van der Waals surface area contributed by atoms with Crippen molar-refractivity contribution in [1.82, 2.24) is 19.5 Å². The fourth-order valence-electron chi connectivity index (χ4n) is 1.56. The third-order valence-corrected chi connectivity index (χ3v) is 2.94. The molecular formula is C10H11Br2N5O. The highest BCUT2D eigenvalue weighted by Crippen LogP contribution is 2.17. The van der Waals surface area contributed by atoms with Crippen molar-refractivity contribution in [2.75, 3.05) is 5.73 Å². The lowest BCUT2D eigenvalue weighted by atomic mass is 10.2. The molecule has 18 heavy (non-hydrogen) atoms. The largest absolute Gasteiger partial charge is 0.389 e. The van der Waals surface area contributed by atoms with Crippen LogP contribution in [-0.2, 0) is 6.54 Å². The summed E-state index contributed by atoms with van der Waals surface area (Å²) >= 11 is 6.41. The predicted molar refractivity (Wildman–Crippen MR) is 76.3 cm³/mol. The van der Waals surface area contributed by atoms with E-state index in [2.05, 4.69) is 46.8 Å². The zero-order valence-electron chi connectivity index (χ0n) is 9.29. The van der Waals surface area contributed by atoms with Crippen LogP contribution in [0, 0.1) is 0 Å². The number of aliphatic hydroxyl groups excluding tert-OH is 1. The third kappa shape index (κ3) is 3.06. The summed E-state index contributed by atoms with van der Waals surface area (Å²) < 4.78 is 2.57. The van der Waals surface area contributed by atoms with Gasteiger partial charge in [-0.2, -0.15) is 0 Å². The number of hydrogen-bond donors (Lipinski definition) is 2. The Labute approximate surface area is 120 Å². The minimum atomic E-state index is -0.546. The van der Waals surface area contributed by atoms with Crippen molar-refractivity contribution >= 4 is 48.8 Å². The van der Waals surface area contributed by atoms with Gasteiger partial charge < -0.3 is 15.4 Å². The summed E-state index contributed by atoms with van der Waals surface area (Å²) in [5, 5.41) is 9.72. The molecule has 96 valence electrons. The normalized spacial score (nSPS) is 12.6. The Kier molecular flexibility index (Phi) is 4.31. The van der Waals surface area contributed by atoms with E-state index in [1.165, 1.54) is 6.33 Å². The minimum Gasteiger partial charge on any atom is -0.389 e. The molecule has 2 rings (SSSR count). The first-order chi connectivity index (χ1) is 8.58. The molecule has 6 nitrogen and oxygen atoms in total. The van der Waals surface area contributed by atoms with Crippen molar-refractivity contribution in [1.29, 1.82) is 0 Å². The van der Waals surface area contributed by atoms with Crippen LogP contribution in [0.4, 0.5) is 5.82 Å². The van der Waals surface area contributed by atoms with Crippen LogP contribution in [0.2, 0.25) is 0 Å². The van der Waals surface area contributed by atoms with E-state index in [-0.39, 0.29) is 0 Å². The maximum atomic E-state index is 9.72. The van der Waals surface area contributed by atoms with Crippen LogP contribution in [0.3, 0.4) is 0 Å². The third-order valence-electron chi connectivity index (χ3n) is 2.41. The number of imidazole rings is 1. The molecule has 3 N–H and O–H groups in total. The molecule has 1 unspecified atom stereocenters. The first-order valence-corrected chi connectivity index (χ1v) is 6.78. The van der Waals surface area contributed by atoms with E-state index >= 15 is 0 Å². The molecule has 0 aliphatic carbocycles. The summed E-state index contributed by atoms with van der Waals surface area (Å²) in [6.07, 6.45) is 4.73. The highest BCUT2D eigenvalue weighted by Gasteiger charge is 2.09. The average molecular weight is 377 g/mol. The van der Waals surface area contributed by atoms with E-state index in [0.717, 1.165) is 3.39 Å². The Bertz CT molecular complexity index is 579. The number of aliphatic hydroxyl groups is 1. The maximum absolute atomic E-state index is 9.72. The summed E-state index contributed by atoms with van der Waals surface area (Å²) in [6.45, 7) is 0.595. The molecule has 0 aliphatic heterocycles. The number of anilines is 1. The first kappa shape index (κ1) is 13.4. The van der Waals surface area contributed by atoms with E-state index in [1.54, 1.807) is 12.4 Å². The van der Waals surface area contributed by atoms with Crippen molar-refractivity contribution in [2.24, 2.45) is 0 Å². The quantitative estimate of drug-likeness (QED) is 0.848. The second kappa shape index (κ2) is 5.77. The lowest BCUT2D eigenvalue weighted by Gasteiger charge is -2.07. The van der Waals surface area contributed by atoms with Crippen molar-refractivity contribution in [3.63, 3.8) is 0 Å². The number of rotatable bonds is 4. The van der Waals surface area contributed by atoms with Crippen molar-refractivity contribution in [2.45, 2.75) is 19.1 Å². The second-order valence-electron chi connectivity index (χ2n) is 3.68. The number of aryl methyl sites for hydroxylation is 1. The van der Waals surface area contributed by atoms with E-state index in [4.69, 9.17) is 5.73 Å². The first-order valence-electron chi connectivity index (χ1n) is 5.20. The standard InChI is InChI=1S/C10H11Br2N5O/c11-7(12)3-6(18)1-2-17-5-16-8-9(13)14-4-15-10(8)17/h3-6,18H,1-2H2,(H2,13,14,15). The van der Waals surface area contributed by atoms with E-state index < -0.39 is 6.10 Å². The Morgan fingerprint density at radius 1 is 1.44 bits per heavy atom. The van der Waals surface area contributed by atoms with Crippen LogP contribution in [-0.4, -0.2) is 30.7 Å². The van der Waals surface area contributed by atoms with Crippen molar-refractivity contribution in [3.05, 3.63) is 22.1 Å². The summed E-state index contributed by atoms with van der Waals surface area (Å²) in [5.74, 6) is 0.363. The average Bonchev–Trinajstić information content (AvgIpc) is 2.70. The number of fused-ring (bicyclic) bond motifs is 1. The summed E-state index contributed by atoms with van der Waals surface area (Å²) in [6, 6.07) is 0. The monoisotopic (exact) mass is 375 g/mol. The second-order valence-corrected chi connectivity index (χ2v) is 6.45. The fraction of sp³-hybridized carbons (Fsp3) is 0.300. The van der Waals surface area contributed by atoms with Gasteiger partial charge in [0.05, 0.1) is 15.8 Å². The molecule has 0 radical (unpaired) electrons. The smallest absolute Gasteiger partial charge is 0.165 e. The zero-order valence-corrected chi connectivity index (χ0v) is 12.5. The lowest BCUT2D eigenvalue weighted by molar-refractivity contribution is 0.206. The zero-order chi connectivity index (χ0) is 13.1. The number of nitrogens with zero attached hydrogens (tertiary/aromatic N) is 4. The van der Waals surface area contributed by atoms with Gasteiger partial charge in [-0.25, -0.2) is 15.0 Å². The van der Waals surface area contributed by atoms with E-state index in [9.17, 15) is 5.11 Å². The van der Waals surface area contributed by atoms with Gasteiger partial charge in [0.25, 0.3) is 0 Å². The summed E-state index contributed by atoms with van der Waals surface area (Å²) in [5.41, 5.74) is 6.96. The number of halogens is 2. The molecule has 0 aromatic carbocycles. The maximum Gasteiger partial charge on any atom is 0.165 e. The molecule has 2 aromatic heterocycles. The molecule has 0 bridgehead atoms. The topological polar surface area (TPSA) is 89.9 Å².